The maximum Gasteiger partial charge on any atom is 0.325 e. The van der Waals surface area contributed by atoms with E-state index in [-0.39, 0.29) is 18.4 Å². The molecule has 110 valence electrons. The number of hydrogen-bond acceptors (Lipinski definition) is 4. The zero-order chi connectivity index (χ0) is 15.2. The lowest BCUT2D eigenvalue weighted by molar-refractivity contribution is -0.148. The number of rotatable bonds is 5. The van der Waals surface area contributed by atoms with Crippen LogP contribution in [0.25, 0.3) is 0 Å². The van der Waals surface area contributed by atoms with Gasteiger partial charge in [0.05, 0.1) is 7.11 Å². The van der Waals surface area contributed by atoms with Gasteiger partial charge in [-0.05, 0) is 13.8 Å². The van der Waals surface area contributed by atoms with Crippen molar-refractivity contribution < 1.29 is 19.1 Å². The van der Waals surface area contributed by atoms with Crippen LogP contribution in [-0.2, 0) is 19.1 Å². The Labute approximate surface area is 114 Å². The van der Waals surface area contributed by atoms with Crippen LogP contribution in [0.1, 0.15) is 34.6 Å². The maximum atomic E-state index is 12.1. The zero-order valence-electron chi connectivity index (χ0n) is 12.6. The van der Waals surface area contributed by atoms with E-state index >= 15 is 0 Å². The Balaban J connectivity index is 4.61. The molecule has 0 aliphatic heterocycles. The molecule has 0 aliphatic carbocycles. The third kappa shape index (κ3) is 5.72. The van der Waals surface area contributed by atoms with Gasteiger partial charge in [-0.25, -0.2) is 0 Å². The first-order valence-corrected chi connectivity index (χ1v) is 6.30. The summed E-state index contributed by atoms with van der Waals surface area (Å²) in [6.07, 6.45) is 0. The van der Waals surface area contributed by atoms with Crippen LogP contribution < -0.4 is 5.32 Å². The lowest BCUT2D eigenvalue weighted by atomic mass is 9.95. The summed E-state index contributed by atoms with van der Waals surface area (Å²) in [7, 11) is 1.27. The minimum Gasteiger partial charge on any atom is -0.468 e. The molecule has 0 aromatic heterocycles. The minimum absolute atomic E-state index is 0.110. The quantitative estimate of drug-likeness (QED) is 0.742. The van der Waals surface area contributed by atoms with E-state index in [0.717, 1.165) is 0 Å². The van der Waals surface area contributed by atoms with E-state index in [0.29, 0.717) is 6.54 Å². The second-order valence-electron chi connectivity index (χ2n) is 5.37. The monoisotopic (exact) mass is 272 g/mol. The van der Waals surface area contributed by atoms with Gasteiger partial charge in [0, 0.05) is 12.0 Å². The molecule has 0 aromatic carbocycles. The van der Waals surface area contributed by atoms with Crippen molar-refractivity contribution in [2.45, 2.75) is 40.7 Å². The number of esters is 1. The summed E-state index contributed by atoms with van der Waals surface area (Å²) in [5.74, 6) is -0.988. The van der Waals surface area contributed by atoms with Gasteiger partial charge in [-0.1, -0.05) is 20.8 Å². The highest BCUT2D eigenvalue weighted by atomic mass is 16.5. The Kier molecular flexibility index (Phi) is 6.52. The second kappa shape index (κ2) is 7.11. The average molecular weight is 272 g/mol. The molecule has 6 heteroatoms. The highest BCUT2D eigenvalue weighted by molar-refractivity contribution is 5.90. The van der Waals surface area contributed by atoms with Gasteiger partial charge in [0.15, 0.2) is 0 Å². The fraction of sp³-hybridized carbons (Fsp3) is 0.769. The molecule has 1 N–H and O–H groups in total. The van der Waals surface area contributed by atoms with Gasteiger partial charge in [0.1, 0.15) is 12.6 Å². The molecule has 0 spiro atoms. The number of nitrogens with one attached hydrogen (secondary N) is 1. The first-order chi connectivity index (χ1) is 8.63. The summed E-state index contributed by atoms with van der Waals surface area (Å²) >= 11 is 0. The summed E-state index contributed by atoms with van der Waals surface area (Å²) in [5.41, 5.74) is -0.562. The Morgan fingerprint density at radius 3 is 2.16 bits per heavy atom. The average Bonchev–Trinajstić information content (AvgIpc) is 2.33. The summed E-state index contributed by atoms with van der Waals surface area (Å²) in [6.45, 7) is 8.94. The van der Waals surface area contributed by atoms with E-state index in [1.165, 1.54) is 12.0 Å². The molecule has 0 rings (SSSR count). The van der Waals surface area contributed by atoms with Gasteiger partial charge < -0.3 is 15.0 Å². The van der Waals surface area contributed by atoms with Crippen LogP contribution in [0.2, 0.25) is 0 Å². The summed E-state index contributed by atoms with van der Waals surface area (Å²) in [5, 5.41) is 2.64. The van der Waals surface area contributed by atoms with Gasteiger partial charge in [-0.3, -0.25) is 14.4 Å². The van der Waals surface area contributed by atoms with Crippen molar-refractivity contribution >= 4 is 17.8 Å². The van der Waals surface area contributed by atoms with Gasteiger partial charge in [0.25, 0.3) is 0 Å². The van der Waals surface area contributed by atoms with Gasteiger partial charge in [-0.2, -0.15) is 0 Å². The number of hydrogen-bond donors (Lipinski definition) is 1. The molecule has 1 unspecified atom stereocenters. The number of likely N-dealkylation sites (N-methyl/N-ethyl adjacent to an activating group) is 1. The van der Waals surface area contributed by atoms with Gasteiger partial charge >= 0.3 is 5.97 Å². The predicted octanol–water partition coefficient (Wildman–Crippen LogP) is 0.559. The Morgan fingerprint density at radius 1 is 1.26 bits per heavy atom. The molecule has 0 saturated carbocycles. The van der Waals surface area contributed by atoms with E-state index in [9.17, 15) is 14.4 Å². The molecule has 0 fully saturated rings. The minimum atomic E-state index is -0.670. The molecular weight excluding hydrogens is 248 g/mol. The molecular formula is C13H24N2O4. The van der Waals surface area contributed by atoms with Crippen LogP contribution in [-0.4, -0.2) is 48.9 Å². The first-order valence-electron chi connectivity index (χ1n) is 6.30. The summed E-state index contributed by atoms with van der Waals surface area (Å²) in [4.78, 5) is 36.4. The van der Waals surface area contributed by atoms with Crippen LogP contribution in [0.3, 0.4) is 0 Å². The number of carbonyl (C=O) groups excluding carboxylic acids is 3. The van der Waals surface area contributed by atoms with E-state index in [1.807, 2.05) is 0 Å². The largest absolute Gasteiger partial charge is 0.468 e. The van der Waals surface area contributed by atoms with E-state index in [1.54, 1.807) is 34.6 Å². The summed E-state index contributed by atoms with van der Waals surface area (Å²) in [6, 6.07) is -0.670. The third-order valence-corrected chi connectivity index (χ3v) is 2.64. The van der Waals surface area contributed by atoms with Gasteiger partial charge in [-0.15, -0.1) is 0 Å². The van der Waals surface area contributed by atoms with Crippen LogP contribution in [0, 0.1) is 5.41 Å². The van der Waals surface area contributed by atoms with Crippen molar-refractivity contribution in [1.29, 1.82) is 0 Å². The maximum absolute atomic E-state index is 12.1. The fourth-order valence-corrected chi connectivity index (χ4v) is 1.31. The van der Waals surface area contributed by atoms with Crippen LogP contribution in [0.4, 0.5) is 0 Å². The van der Waals surface area contributed by atoms with Crippen molar-refractivity contribution in [3.8, 4) is 0 Å². The number of amides is 2. The molecule has 19 heavy (non-hydrogen) atoms. The van der Waals surface area contributed by atoms with E-state index in [4.69, 9.17) is 0 Å². The SMILES string of the molecule is CCN(CC(=O)OC)C(=O)C(C)NC(=O)C(C)(C)C. The normalized spacial score (nSPS) is 12.5. The van der Waals surface area contributed by atoms with Crippen molar-refractivity contribution in [2.24, 2.45) is 5.41 Å². The fourth-order valence-electron chi connectivity index (χ4n) is 1.31. The number of carbonyl (C=O) groups is 3. The molecule has 0 heterocycles. The van der Waals surface area contributed by atoms with Crippen LogP contribution in [0.5, 0.6) is 0 Å². The molecule has 0 aliphatic rings. The Bertz CT molecular complexity index is 347. The second-order valence-corrected chi connectivity index (χ2v) is 5.37. The number of ether oxygens (including phenoxy) is 1. The number of methoxy groups -OCH3 is 1. The van der Waals surface area contributed by atoms with E-state index in [2.05, 4.69) is 10.1 Å². The molecule has 1 atom stereocenters. The van der Waals surface area contributed by atoms with Crippen molar-refractivity contribution in [2.75, 3.05) is 20.2 Å². The standard InChI is InChI=1S/C13H24N2O4/c1-7-15(8-10(16)19-6)11(17)9(2)14-12(18)13(3,4)5/h9H,7-8H2,1-6H3,(H,14,18). The Morgan fingerprint density at radius 2 is 1.79 bits per heavy atom. The summed E-state index contributed by atoms with van der Waals surface area (Å²) < 4.78 is 4.53. The molecule has 0 bridgehead atoms. The van der Waals surface area contributed by atoms with Crippen molar-refractivity contribution in [3.63, 3.8) is 0 Å². The highest BCUT2D eigenvalue weighted by Crippen LogP contribution is 2.13. The topological polar surface area (TPSA) is 75.7 Å². The molecule has 0 aromatic rings. The predicted molar refractivity (Wildman–Crippen MR) is 71.3 cm³/mol. The van der Waals surface area contributed by atoms with E-state index < -0.39 is 17.4 Å². The molecule has 2 amide bonds. The van der Waals surface area contributed by atoms with Crippen molar-refractivity contribution in [3.05, 3.63) is 0 Å². The number of nitrogens with zero attached hydrogens (tertiary/aromatic N) is 1. The first kappa shape index (κ1) is 17.4. The highest BCUT2D eigenvalue weighted by Gasteiger charge is 2.27. The third-order valence-electron chi connectivity index (χ3n) is 2.64. The van der Waals surface area contributed by atoms with Gasteiger partial charge in [0.2, 0.25) is 11.8 Å². The van der Waals surface area contributed by atoms with Crippen LogP contribution >= 0.6 is 0 Å². The lowest BCUT2D eigenvalue weighted by Gasteiger charge is -2.26. The van der Waals surface area contributed by atoms with Crippen LogP contribution in [0.15, 0.2) is 0 Å². The lowest BCUT2D eigenvalue weighted by Crippen LogP contribution is -2.50. The molecule has 0 saturated heterocycles. The van der Waals surface area contributed by atoms with Crippen molar-refractivity contribution in [1.82, 2.24) is 10.2 Å². The molecule has 0 radical (unpaired) electrons. The zero-order valence-corrected chi connectivity index (χ0v) is 12.6. The molecule has 6 nitrogen and oxygen atoms in total. The Hall–Kier alpha value is -1.59. The smallest absolute Gasteiger partial charge is 0.325 e.